The van der Waals surface area contributed by atoms with Crippen LogP contribution in [0, 0.1) is 0 Å². The smallest absolute Gasteiger partial charge is 0.203 e. The van der Waals surface area contributed by atoms with Crippen LogP contribution in [0.3, 0.4) is 0 Å². The molecule has 0 aliphatic rings. The van der Waals surface area contributed by atoms with E-state index in [1.54, 1.807) is 0 Å². The maximum Gasteiger partial charge on any atom is 0.450 e. The van der Waals surface area contributed by atoms with Crippen molar-refractivity contribution in [1.82, 2.24) is 0 Å². The molecular formula is C3Cl2F4O3. The van der Waals surface area contributed by atoms with E-state index in [0.717, 1.165) is 0 Å². The summed E-state index contributed by atoms with van der Waals surface area (Å²) in [4.78, 5) is 16.2. The molecule has 0 aliphatic heterocycles. The third-order valence-corrected chi connectivity index (χ3v) is 0.841. The molecule has 0 radical (unpaired) electrons. The average molecular weight is 231 g/mol. The van der Waals surface area contributed by atoms with Crippen LogP contribution >= 0.6 is 23.5 Å². The first kappa shape index (κ1) is 14.2. The van der Waals surface area contributed by atoms with Crippen LogP contribution in [0.5, 0.6) is 0 Å². The molecule has 0 saturated carbocycles. The Balaban J connectivity index is 0. The molecule has 0 unspecified atom stereocenters. The van der Waals surface area contributed by atoms with E-state index < -0.39 is 11.5 Å². The number of hydrogen-bond donors (Lipinski definition) is 0. The molecule has 0 aromatic rings. The molecular weight excluding hydrogens is 231 g/mol. The van der Waals surface area contributed by atoms with E-state index in [1.807, 2.05) is 0 Å². The Bertz CT molecular complexity index is 161. The van der Waals surface area contributed by atoms with Crippen LogP contribution in [-0.4, -0.2) is 17.6 Å². The van der Waals surface area contributed by atoms with E-state index in [9.17, 15) is 17.6 Å². The number of carbonyl (C=O) groups excluding carboxylic acids is 2. The number of halogens is 6. The van der Waals surface area contributed by atoms with Gasteiger partial charge in [-0.15, -0.1) is 0 Å². The predicted molar refractivity (Wildman–Crippen MR) is 27.7 cm³/mol. The Morgan fingerprint density at radius 3 is 1.42 bits per heavy atom. The number of hydrogen-bond acceptors (Lipinski definition) is 3. The van der Waals surface area contributed by atoms with Gasteiger partial charge in [0.25, 0.3) is 0 Å². The minimum absolute atomic E-state index is 0.250. The fourth-order valence-electron chi connectivity index (χ4n) is 0.0437. The summed E-state index contributed by atoms with van der Waals surface area (Å²) in [6.45, 7) is 0. The van der Waals surface area contributed by atoms with Gasteiger partial charge < -0.3 is 0 Å². The Hall–Kier alpha value is -0.360. The molecule has 0 bridgehead atoms. The fraction of sp³-hybridized carbons (Fsp3) is 0.667. The van der Waals surface area contributed by atoms with E-state index in [-0.39, 0.29) is 6.15 Å². The van der Waals surface area contributed by atoms with Crippen LogP contribution in [0.1, 0.15) is 0 Å². The molecule has 0 fully saturated rings. The summed E-state index contributed by atoms with van der Waals surface area (Å²) in [5.74, 6) is 0. The normalized spacial score (nSPS) is 11.2. The van der Waals surface area contributed by atoms with Crippen LogP contribution in [0.25, 0.3) is 0 Å². The van der Waals surface area contributed by atoms with Gasteiger partial charge in [0.15, 0.2) is 0 Å². The average Bonchev–Trinajstić information content (AvgIpc) is 1.87. The highest BCUT2D eigenvalue weighted by molar-refractivity contribution is 6.22. The molecule has 0 aromatic heterocycles. The summed E-state index contributed by atoms with van der Waals surface area (Å²) < 4.78 is 48.0. The Kier molecular flexibility index (Phi) is 6.28. The van der Waals surface area contributed by atoms with Gasteiger partial charge in [-0.1, -0.05) is 0 Å². The number of rotatable bonds is 2. The van der Waals surface area contributed by atoms with Gasteiger partial charge in [0, 0.05) is 0 Å². The van der Waals surface area contributed by atoms with Crippen molar-refractivity contribution >= 4 is 29.6 Å². The highest BCUT2D eigenvalue weighted by atomic mass is 35.5. The molecule has 0 saturated heterocycles. The minimum Gasteiger partial charge on any atom is -0.203 e. The maximum absolute atomic E-state index is 11.4. The third kappa shape index (κ3) is 5.31. The molecule has 0 heterocycles. The molecule has 0 N–H and O–H groups in total. The molecule has 0 aliphatic carbocycles. The predicted octanol–water partition coefficient (Wildman–Crippen LogP) is 2.00. The second-order valence-electron chi connectivity index (χ2n) is 1.18. The monoisotopic (exact) mass is 230 g/mol. The second-order valence-corrected chi connectivity index (χ2v) is 1.80. The molecule has 9 heteroatoms. The van der Waals surface area contributed by atoms with Crippen molar-refractivity contribution in [1.29, 1.82) is 0 Å². The molecule has 12 heavy (non-hydrogen) atoms. The largest absolute Gasteiger partial charge is 0.450 e. The highest BCUT2D eigenvalue weighted by Crippen LogP contribution is 2.39. The van der Waals surface area contributed by atoms with Crippen molar-refractivity contribution in [3.8, 4) is 0 Å². The van der Waals surface area contributed by atoms with Crippen LogP contribution in [-0.2, 0) is 13.9 Å². The van der Waals surface area contributed by atoms with Crippen LogP contribution in [0.2, 0.25) is 0 Å². The standard InChI is InChI=1S/C2Cl2F4O.CO2/c3-1(5,6)2(7,8)9-4;2-1-3. The van der Waals surface area contributed by atoms with Crippen LogP contribution in [0.4, 0.5) is 17.6 Å². The van der Waals surface area contributed by atoms with Gasteiger partial charge in [0.1, 0.15) is 0 Å². The quantitative estimate of drug-likeness (QED) is 0.539. The zero-order valence-electron chi connectivity index (χ0n) is 4.99. The molecule has 3 nitrogen and oxygen atoms in total. The molecule has 0 aromatic carbocycles. The first-order valence-corrected chi connectivity index (χ1v) is 2.65. The SMILES string of the molecule is FC(F)(Cl)C(F)(F)OCl.O=C=O. The molecule has 0 amide bonds. The van der Waals surface area contributed by atoms with Crippen molar-refractivity contribution in [2.75, 3.05) is 0 Å². The first-order chi connectivity index (χ1) is 5.22. The van der Waals surface area contributed by atoms with Crippen LogP contribution < -0.4 is 0 Å². The Morgan fingerprint density at radius 1 is 1.17 bits per heavy atom. The summed E-state index contributed by atoms with van der Waals surface area (Å²) in [6, 6.07) is 0. The van der Waals surface area contributed by atoms with Gasteiger partial charge in [-0.05, 0) is 11.6 Å². The second kappa shape index (κ2) is 5.31. The van der Waals surface area contributed by atoms with Gasteiger partial charge in [-0.2, -0.15) is 27.2 Å². The van der Waals surface area contributed by atoms with Crippen molar-refractivity contribution in [2.45, 2.75) is 11.5 Å². The van der Waals surface area contributed by atoms with Gasteiger partial charge >= 0.3 is 17.6 Å². The van der Waals surface area contributed by atoms with Gasteiger partial charge in [0.2, 0.25) is 0 Å². The van der Waals surface area contributed by atoms with E-state index in [2.05, 4.69) is 27.8 Å². The van der Waals surface area contributed by atoms with E-state index in [4.69, 9.17) is 9.59 Å². The van der Waals surface area contributed by atoms with Crippen molar-refractivity contribution in [3.63, 3.8) is 0 Å². The lowest BCUT2D eigenvalue weighted by Gasteiger charge is -2.15. The summed E-state index contributed by atoms with van der Waals surface area (Å²) in [5.41, 5.74) is 0. The van der Waals surface area contributed by atoms with Crippen LogP contribution in [0.15, 0.2) is 0 Å². The van der Waals surface area contributed by atoms with Crippen molar-refractivity contribution < 1.29 is 31.4 Å². The zero-order chi connectivity index (χ0) is 10.4. The molecule has 72 valence electrons. The summed E-state index contributed by atoms with van der Waals surface area (Å²) in [7, 11) is 0. The van der Waals surface area contributed by atoms with E-state index in [1.165, 1.54) is 0 Å². The van der Waals surface area contributed by atoms with Gasteiger partial charge in [-0.3, -0.25) is 0 Å². The number of alkyl halides is 5. The van der Waals surface area contributed by atoms with Crippen molar-refractivity contribution in [2.24, 2.45) is 0 Å². The van der Waals surface area contributed by atoms with E-state index in [0.29, 0.717) is 0 Å². The third-order valence-electron chi connectivity index (χ3n) is 0.427. The summed E-state index contributed by atoms with van der Waals surface area (Å²) in [5, 5.41) is -4.77. The summed E-state index contributed by atoms with van der Waals surface area (Å²) in [6.07, 6.45) is -4.57. The first-order valence-electron chi connectivity index (χ1n) is 1.96. The highest BCUT2D eigenvalue weighted by Gasteiger charge is 2.57. The van der Waals surface area contributed by atoms with Gasteiger partial charge in [0.05, 0.1) is 11.9 Å². The van der Waals surface area contributed by atoms with E-state index >= 15 is 0 Å². The topological polar surface area (TPSA) is 43.4 Å². The lowest BCUT2D eigenvalue weighted by atomic mass is 10.7. The minimum atomic E-state index is -4.82. The maximum atomic E-state index is 11.4. The van der Waals surface area contributed by atoms with Crippen molar-refractivity contribution in [3.05, 3.63) is 0 Å². The Labute approximate surface area is 73.4 Å². The fourth-order valence-corrected chi connectivity index (χ4v) is 0.219. The van der Waals surface area contributed by atoms with Gasteiger partial charge in [-0.25, -0.2) is 4.29 Å². The molecule has 0 rings (SSSR count). The summed E-state index contributed by atoms with van der Waals surface area (Å²) >= 11 is 7.80. The molecule has 0 atom stereocenters. The molecule has 0 spiro atoms. The lowest BCUT2D eigenvalue weighted by molar-refractivity contribution is -0.272. The zero-order valence-corrected chi connectivity index (χ0v) is 6.50. The lowest BCUT2D eigenvalue weighted by Crippen LogP contribution is -2.35. The Morgan fingerprint density at radius 2 is 1.42 bits per heavy atom.